The summed E-state index contributed by atoms with van der Waals surface area (Å²) in [6, 6.07) is 16.9. The molecule has 0 amide bonds. The molecule has 4 aromatic rings. The minimum atomic E-state index is -0.261. The Kier molecular flexibility index (Phi) is 4.65. The number of halogens is 1. The van der Waals surface area contributed by atoms with Crippen molar-refractivity contribution >= 4 is 22.0 Å². The van der Waals surface area contributed by atoms with E-state index in [1.54, 1.807) is 0 Å². The molecule has 6 nitrogen and oxygen atoms in total. The van der Waals surface area contributed by atoms with Crippen LogP contribution in [0.5, 0.6) is 5.88 Å². The fraction of sp³-hybridized carbons (Fsp3) is 0.238. The summed E-state index contributed by atoms with van der Waals surface area (Å²) in [7, 11) is 0. The van der Waals surface area contributed by atoms with E-state index < -0.39 is 0 Å². The second-order valence-electron chi connectivity index (χ2n) is 7.21. The summed E-state index contributed by atoms with van der Waals surface area (Å²) >= 11 is 1.44. The first-order chi connectivity index (χ1) is 14.2. The molecule has 2 aromatic carbocycles. The highest BCUT2D eigenvalue weighted by molar-refractivity contribution is 7.17. The van der Waals surface area contributed by atoms with Crippen LogP contribution in [0, 0.1) is 5.82 Å². The van der Waals surface area contributed by atoms with Crippen LogP contribution in [0.2, 0.25) is 0 Å². The van der Waals surface area contributed by atoms with E-state index in [2.05, 4.69) is 39.2 Å². The maximum atomic E-state index is 13.5. The van der Waals surface area contributed by atoms with E-state index in [1.807, 2.05) is 18.2 Å². The smallest absolute Gasteiger partial charge is 0.235 e. The summed E-state index contributed by atoms with van der Waals surface area (Å²) in [6.07, 6.45) is 1.44. The molecule has 1 saturated heterocycles. The van der Waals surface area contributed by atoms with Crippen molar-refractivity contribution in [1.82, 2.24) is 14.6 Å². The van der Waals surface area contributed by atoms with Crippen LogP contribution in [0.1, 0.15) is 16.5 Å². The van der Waals surface area contributed by atoms with Gasteiger partial charge in [0.1, 0.15) is 17.0 Å². The third kappa shape index (κ3) is 3.34. The summed E-state index contributed by atoms with van der Waals surface area (Å²) < 4.78 is 15.0. The lowest BCUT2D eigenvalue weighted by Gasteiger charge is -2.37. The summed E-state index contributed by atoms with van der Waals surface area (Å²) in [4.78, 5) is 9.41. The van der Waals surface area contributed by atoms with Gasteiger partial charge in [-0.05, 0) is 36.4 Å². The van der Waals surface area contributed by atoms with Crippen LogP contribution >= 0.6 is 11.3 Å². The van der Waals surface area contributed by atoms with Gasteiger partial charge < -0.3 is 14.9 Å². The van der Waals surface area contributed by atoms with Crippen molar-refractivity contribution in [1.29, 1.82) is 0 Å². The van der Waals surface area contributed by atoms with Crippen molar-refractivity contribution in [3.05, 3.63) is 77.2 Å². The van der Waals surface area contributed by atoms with Gasteiger partial charge >= 0.3 is 0 Å². The Morgan fingerprint density at radius 1 is 1.03 bits per heavy atom. The number of hydrogen-bond acceptors (Lipinski definition) is 5. The summed E-state index contributed by atoms with van der Waals surface area (Å²) in [5, 5.41) is 14.9. The topological polar surface area (TPSA) is 58.1 Å². The van der Waals surface area contributed by atoms with Crippen molar-refractivity contribution in [2.24, 2.45) is 0 Å². The van der Waals surface area contributed by atoms with Gasteiger partial charge in [-0.2, -0.15) is 9.61 Å². The number of thiazole rings is 1. The highest BCUT2D eigenvalue weighted by Gasteiger charge is 2.34. The number of hydrogen-bond donors (Lipinski definition) is 2. The van der Waals surface area contributed by atoms with Crippen molar-refractivity contribution in [2.45, 2.75) is 6.04 Å². The van der Waals surface area contributed by atoms with Gasteiger partial charge in [-0.25, -0.2) is 9.37 Å². The first-order valence-electron chi connectivity index (χ1n) is 9.62. The zero-order chi connectivity index (χ0) is 19.8. The van der Waals surface area contributed by atoms with Crippen LogP contribution in [-0.2, 0) is 0 Å². The minimum Gasteiger partial charge on any atom is -0.492 e. The van der Waals surface area contributed by atoms with Gasteiger partial charge in [-0.1, -0.05) is 29.5 Å². The number of aromatic nitrogens is 3. The fourth-order valence-corrected chi connectivity index (χ4v) is 5.20. The molecule has 148 valence electrons. The molecule has 0 saturated carbocycles. The maximum absolute atomic E-state index is 13.5. The van der Waals surface area contributed by atoms with Gasteiger partial charge in [0.15, 0.2) is 6.04 Å². The van der Waals surface area contributed by atoms with Gasteiger partial charge in [0, 0.05) is 11.3 Å². The van der Waals surface area contributed by atoms with E-state index in [9.17, 15) is 9.50 Å². The number of para-hydroxylation sites is 1. The molecule has 8 heteroatoms. The molecule has 0 bridgehead atoms. The zero-order valence-corrected chi connectivity index (χ0v) is 16.5. The molecule has 5 rings (SSSR count). The molecule has 3 heterocycles. The Labute approximate surface area is 171 Å². The Bertz CT molecular complexity index is 1100. The van der Waals surface area contributed by atoms with E-state index in [1.165, 1.54) is 44.9 Å². The van der Waals surface area contributed by atoms with Crippen molar-refractivity contribution in [2.75, 3.05) is 31.1 Å². The molecule has 1 atom stereocenters. The van der Waals surface area contributed by atoms with E-state index >= 15 is 0 Å². The van der Waals surface area contributed by atoms with E-state index in [0.29, 0.717) is 4.96 Å². The Morgan fingerprint density at radius 3 is 2.45 bits per heavy atom. The van der Waals surface area contributed by atoms with E-state index in [4.69, 9.17) is 0 Å². The zero-order valence-electron chi connectivity index (χ0n) is 15.7. The second kappa shape index (κ2) is 7.46. The molecule has 1 aliphatic heterocycles. The first kappa shape index (κ1) is 18.1. The largest absolute Gasteiger partial charge is 0.492 e. The molecule has 2 N–H and O–H groups in total. The number of rotatable bonds is 4. The second-order valence-corrected chi connectivity index (χ2v) is 8.22. The number of benzene rings is 2. The Balaban J connectivity index is 1.47. The molecular formula is C21H21FN5OS+. The molecular weight excluding hydrogens is 389 g/mol. The number of piperazine rings is 1. The van der Waals surface area contributed by atoms with Crippen LogP contribution in [0.25, 0.3) is 4.96 Å². The summed E-state index contributed by atoms with van der Waals surface area (Å²) in [5.74, 6) is -0.141. The van der Waals surface area contributed by atoms with E-state index in [-0.39, 0.29) is 17.7 Å². The van der Waals surface area contributed by atoms with Crippen molar-refractivity contribution in [3.8, 4) is 5.88 Å². The van der Waals surface area contributed by atoms with Gasteiger partial charge in [0.25, 0.3) is 0 Å². The van der Waals surface area contributed by atoms with Crippen LogP contribution in [0.4, 0.5) is 10.1 Å². The predicted molar refractivity (Wildman–Crippen MR) is 110 cm³/mol. The average Bonchev–Trinajstić information content (AvgIpc) is 3.34. The molecule has 0 radical (unpaired) electrons. The number of nitrogens with one attached hydrogen (secondary N) is 1. The number of fused-ring (bicyclic) bond motifs is 1. The standard InChI is InChI=1S/C21H20FN5OS/c22-16-8-6-15(7-9-16)18(19-20(28)27-21(29-19)23-14-24-27)26-12-10-25(11-13-26)17-4-2-1-3-5-17/h1-9,14,18,28H,10-13H2/p+1/t18-/m1/s1. The van der Waals surface area contributed by atoms with Crippen LogP contribution in [0.15, 0.2) is 60.9 Å². The third-order valence-electron chi connectivity index (χ3n) is 5.54. The molecule has 0 spiro atoms. The van der Waals surface area contributed by atoms with Gasteiger partial charge in [-0.15, -0.1) is 0 Å². The van der Waals surface area contributed by atoms with Gasteiger partial charge in [0.05, 0.1) is 26.2 Å². The molecule has 0 aliphatic carbocycles. The fourth-order valence-electron chi connectivity index (χ4n) is 4.09. The molecule has 29 heavy (non-hydrogen) atoms. The number of nitrogens with zero attached hydrogens (tertiary/aromatic N) is 4. The van der Waals surface area contributed by atoms with Crippen molar-refractivity contribution in [3.63, 3.8) is 0 Å². The third-order valence-corrected chi connectivity index (χ3v) is 6.64. The predicted octanol–water partition coefficient (Wildman–Crippen LogP) is 2.13. The summed E-state index contributed by atoms with van der Waals surface area (Å²) in [5.41, 5.74) is 2.21. The Hall–Kier alpha value is -2.97. The highest BCUT2D eigenvalue weighted by atomic mass is 32.1. The number of anilines is 1. The molecule has 1 fully saturated rings. The van der Waals surface area contributed by atoms with Crippen LogP contribution in [0.3, 0.4) is 0 Å². The minimum absolute atomic E-state index is 0.0953. The average molecular weight is 410 g/mol. The van der Waals surface area contributed by atoms with Crippen LogP contribution < -0.4 is 9.80 Å². The lowest BCUT2D eigenvalue weighted by molar-refractivity contribution is -0.925. The number of aromatic hydroxyl groups is 1. The monoisotopic (exact) mass is 410 g/mol. The van der Waals surface area contributed by atoms with Crippen LogP contribution in [-0.4, -0.2) is 45.9 Å². The molecule has 1 aliphatic rings. The van der Waals surface area contributed by atoms with Gasteiger partial charge in [-0.3, -0.25) is 0 Å². The molecule has 0 unspecified atom stereocenters. The lowest BCUT2D eigenvalue weighted by Crippen LogP contribution is -3.15. The summed E-state index contributed by atoms with van der Waals surface area (Å²) in [6.45, 7) is 3.64. The lowest BCUT2D eigenvalue weighted by atomic mass is 10.0. The maximum Gasteiger partial charge on any atom is 0.235 e. The van der Waals surface area contributed by atoms with Gasteiger partial charge in [0.2, 0.25) is 10.8 Å². The van der Waals surface area contributed by atoms with Crippen molar-refractivity contribution < 1.29 is 14.4 Å². The SMILES string of the molecule is Oc1c([C@@H](c2ccc(F)cc2)[NH+]2CCN(c3ccccc3)CC2)sc2ncnn12. The molecule has 2 aromatic heterocycles. The normalized spacial score (nSPS) is 16.4. The Morgan fingerprint density at radius 2 is 1.76 bits per heavy atom. The number of quaternary nitrogens is 1. The highest BCUT2D eigenvalue weighted by Crippen LogP contribution is 2.34. The first-order valence-corrected chi connectivity index (χ1v) is 10.4. The quantitative estimate of drug-likeness (QED) is 0.541. The van der Waals surface area contributed by atoms with E-state index in [0.717, 1.165) is 36.6 Å².